The molecule has 15 heavy (non-hydrogen) atoms. The number of hydrogen-bond donors (Lipinski definition) is 1. The molecule has 1 aromatic rings. The predicted octanol–water partition coefficient (Wildman–Crippen LogP) is 1.60. The Morgan fingerprint density at radius 2 is 2.20 bits per heavy atom. The van der Waals surface area contributed by atoms with Crippen molar-refractivity contribution in [1.29, 1.82) is 0 Å². The Morgan fingerprint density at radius 3 is 2.87 bits per heavy atom. The van der Waals surface area contributed by atoms with Gasteiger partial charge in [0.25, 0.3) is 0 Å². The van der Waals surface area contributed by atoms with Crippen molar-refractivity contribution in [2.24, 2.45) is 0 Å². The molecule has 0 spiro atoms. The van der Waals surface area contributed by atoms with Crippen molar-refractivity contribution in [3.63, 3.8) is 0 Å². The average Bonchev–Trinajstić information content (AvgIpc) is 2.46. The fraction of sp³-hybridized carbons (Fsp3) is 0.545. The van der Waals surface area contributed by atoms with Crippen LogP contribution in [0.5, 0.6) is 0 Å². The van der Waals surface area contributed by atoms with Gasteiger partial charge in [-0.1, -0.05) is 0 Å². The zero-order chi connectivity index (χ0) is 11.0. The summed E-state index contributed by atoms with van der Waals surface area (Å²) in [6.07, 6.45) is 1.97. The number of carboxylic acid groups (broad SMARTS) is 1. The van der Waals surface area contributed by atoms with Crippen LogP contribution in [0.2, 0.25) is 0 Å². The monoisotopic (exact) mass is 206 g/mol. The Kier molecular flexibility index (Phi) is 2.42. The van der Waals surface area contributed by atoms with E-state index in [0.717, 1.165) is 35.6 Å². The lowest BCUT2D eigenvalue weighted by Gasteiger charge is -2.10. The summed E-state index contributed by atoms with van der Waals surface area (Å²) in [6, 6.07) is 0. The summed E-state index contributed by atoms with van der Waals surface area (Å²) in [7, 11) is 0. The highest BCUT2D eigenvalue weighted by Gasteiger charge is 2.28. The van der Waals surface area contributed by atoms with E-state index in [1.54, 1.807) is 0 Å². The molecule has 0 bridgehead atoms. The van der Waals surface area contributed by atoms with Crippen LogP contribution >= 0.6 is 0 Å². The molecule has 1 aliphatic carbocycles. The lowest BCUT2D eigenvalue weighted by molar-refractivity contribution is -0.137. The molecule has 1 atom stereocenters. The Balaban J connectivity index is 2.37. The minimum atomic E-state index is -0.743. The van der Waals surface area contributed by atoms with Gasteiger partial charge in [-0.3, -0.25) is 4.79 Å². The Bertz CT molecular complexity index is 415. The van der Waals surface area contributed by atoms with E-state index < -0.39 is 5.97 Å². The van der Waals surface area contributed by atoms with Crippen LogP contribution in [0, 0.1) is 13.8 Å². The second kappa shape index (κ2) is 3.61. The zero-order valence-electron chi connectivity index (χ0n) is 8.95. The molecule has 1 N–H and O–H groups in total. The first-order valence-corrected chi connectivity index (χ1v) is 5.13. The summed E-state index contributed by atoms with van der Waals surface area (Å²) >= 11 is 0. The summed E-state index contributed by atoms with van der Waals surface area (Å²) in [4.78, 5) is 19.4. The summed E-state index contributed by atoms with van der Waals surface area (Å²) in [5.74, 6) is 0.146. The smallest absolute Gasteiger partial charge is 0.303 e. The maximum absolute atomic E-state index is 10.7. The summed E-state index contributed by atoms with van der Waals surface area (Å²) in [5, 5.41) is 8.80. The Labute approximate surface area is 88.4 Å². The van der Waals surface area contributed by atoms with E-state index in [1.165, 1.54) is 0 Å². The van der Waals surface area contributed by atoms with Gasteiger partial charge < -0.3 is 5.11 Å². The van der Waals surface area contributed by atoms with Gasteiger partial charge in [-0.15, -0.1) is 0 Å². The van der Waals surface area contributed by atoms with Crippen molar-refractivity contribution in [2.45, 2.75) is 39.0 Å². The minimum absolute atomic E-state index is 0.109. The van der Waals surface area contributed by atoms with Gasteiger partial charge in [0.1, 0.15) is 5.82 Å². The summed E-state index contributed by atoms with van der Waals surface area (Å²) < 4.78 is 0. The molecule has 0 fully saturated rings. The number of fused-ring (bicyclic) bond motifs is 1. The number of carbonyl (C=O) groups is 1. The van der Waals surface area contributed by atoms with E-state index in [-0.39, 0.29) is 12.3 Å². The van der Waals surface area contributed by atoms with Crippen LogP contribution in [-0.4, -0.2) is 21.0 Å². The molecule has 1 unspecified atom stereocenters. The van der Waals surface area contributed by atoms with Gasteiger partial charge in [0.05, 0.1) is 6.42 Å². The predicted molar refractivity (Wildman–Crippen MR) is 54.8 cm³/mol. The lowest BCUT2D eigenvalue weighted by atomic mass is 9.98. The van der Waals surface area contributed by atoms with Crippen molar-refractivity contribution in [1.82, 2.24) is 9.97 Å². The van der Waals surface area contributed by atoms with E-state index >= 15 is 0 Å². The molecule has 0 amide bonds. The van der Waals surface area contributed by atoms with Crippen molar-refractivity contribution < 1.29 is 9.90 Å². The largest absolute Gasteiger partial charge is 0.481 e. The average molecular weight is 206 g/mol. The lowest BCUT2D eigenvalue weighted by Crippen LogP contribution is -2.06. The van der Waals surface area contributed by atoms with Crippen LogP contribution in [-0.2, 0) is 11.2 Å². The van der Waals surface area contributed by atoms with Crippen molar-refractivity contribution in [3.05, 3.63) is 22.8 Å². The topological polar surface area (TPSA) is 63.1 Å². The number of rotatable bonds is 2. The molecule has 1 heterocycles. The third kappa shape index (κ3) is 1.84. The fourth-order valence-electron chi connectivity index (χ4n) is 2.38. The standard InChI is InChI=1S/C11H14N2O2/c1-6-11-8(5-10(14)15)3-4-9(11)13-7(2)12-6/h8H,3-5H2,1-2H3,(H,14,15). The van der Waals surface area contributed by atoms with E-state index in [4.69, 9.17) is 5.11 Å². The highest BCUT2D eigenvalue weighted by molar-refractivity contribution is 5.68. The molecule has 0 aliphatic heterocycles. The highest BCUT2D eigenvalue weighted by atomic mass is 16.4. The van der Waals surface area contributed by atoms with Crippen LogP contribution < -0.4 is 0 Å². The quantitative estimate of drug-likeness (QED) is 0.798. The van der Waals surface area contributed by atoms with Crippen molar-refractivity contribution >= 4 is 5.97 Å². The Hall–Kier alpha value is -1.45. The second-order valence-corrected chi connectivity index (χ2v) is 4.05. The molecule has 0 saturated carbocycles. The molecule has 1 aromatic heterocycles. The minimum Gasteiger partial charge on any atom is -0.481 e. The molecule has 1 aliphatic rings. The van der Waals surface area contributed by atoms with E-state index in [2.05, 4.69) is 9.97 Å². The van der Waals surface area contributed by atoms with Crippen LogP contribution in [0.25, 0.3) is 0 Å². The first kappa shape index (κ1) is 10.1. The molecule has 2 rings (SSSR count). The number of aliphatic carboxylic acids is 1. The summed E-state index contributed by atoms with van der Waals surface area (Å²) in [6.45, 7) is 3.81. The number of nitrogens with zero attached hydrogens (tertiary/aromatic N) is 2. The van der Waals surface area contributed by atoms with E-state index in [1.807, 2.05) is 13.8 Å². The Morgan fingerprint density at radius 1 is 1.47 bits per heavy atom. The van der Waals surface area contributed by atoms with Gasteiger partial charge in [-0.25, -0.2) is 9.97 Å². The first-order chi connectivity index (χ1) is 7.08. The third-order valence-corrected chi connectivity index (χ3v) is 2.89. The van der Waals surface area contributed by atoms with Crippen LogP contribution in [0.1, 0.15) is 41.5 Å². The van der Waals surface area contributed by atoms with Gasteiger partial charge in [0.15, 0.2) is 0 Å². The molecule has 0 aromatic carbocycles. The zero-order valence-corrected chi connectivity index (χ0v) is 8.95. The molecule has 4 nitrogen and oxygen atoms in total. The molecular weight excluding hydrogens is 192 g/mol. The molecule has 0 radical (unpaired) electrons. The van der Waals surface area contributed by atoms with Crippen LogP contribution in [0.15, 0.2) is 0 Å². The number of hydrogen-bond acceptors (Lipinski definition) is 3. The van der Waals surface area contributed by atoms with Gasteiger partial charge >= 0.3 is 5.97 Å². The van der Waals surface area contributed by atoms with Crippen molar-refractivity contribution in [2.75, 3.05) is 0 Å². The molecule has 0 saturated heterocycles. The van der Waals surface area contributed by atoms with Crippen LogP contribution in [0.4, 0.5) is 0 Å². The second-order valence-electron chi connectivity index (χ2n) is 4.05. The maximum Gasteiger partial charge on any atom is 0.303 e. The van der Waals surface area contributed by atoms with Gasteiger partial charge in [0, 0.05) is 11.4 Å². The van der Waals surface area contributed by atoms with E-state index in [9.17, 15) is 4.79 Å². The van der Waals surface area contributed by atoms with Crippen molar-refractivity contribution in [3.8, 4) is 0 Å². The maximum atomic E-state index is 10.7. The molecule has 80 valence electrons. The SMILES string of the molecule is Cc1nc(C)c2c(n1)CCC2CC(=O)O. The third-order valence-electron chi connectivity index (χ3n) is 2.89. The molecular formula is C11H14N2O2. The highest BCUT2D eigenvalue weighted by Crippen LogP contribution is 2.35. The number of aromatic nitrogens is 2. The fourth-order valence-corrected chi connectivity index (χ4v) is 2.38. The normalized spacial score (nSPS) is 18.9. The van der Waals surface area contributed by atoms with Gasteiger partial charge in [0.2, 0.25) is 0 Å². The first-order valence-electron chi connectivity index (χ1n) is 5.13. The number of aryl methyl sites for hydroxylation is 3. The van der Waals surface area contributed by atoms with Crippen LogP contribution in [0.3, 0.4) is 0 Å². The number of carboxylic acids is 1. The van der Waals surface area contributed by atoms with Gasteiger partial charge in [-0.2, -0.15) is 0 Å². The molecule has 4 heteroatoms. The van der Waals surface area contributed by atoms with E-state index in [0.29, 0.717) is 0 Å². The summed E-state index contributed by atoms with van der Waals surface area (Å²) in [5.41, 5.74) is 3.07. The van der Waals surface area contributed by atoms with Gasteiger partial charge in [-0.05, 0) is 38.2 Å².